The van der Waals surface area contributed by atoms with Gasteiger partial charge in [-0.25, -0.2) is 0 Å². The van der Waals surface area contributed by atoms with Crippen LogP contribution in [0.5, 0.6) is 0 Å². The lowest BCUT2D eigenvalue weighted by Gasteiger charge is -2.12. The maximum Gasteiger partial charge on any atom is 0.167 e. The number of carbonyl (C=O) groups is 2. The summed E-state index contributed by atoms with van der Waals surface area (Å²) in [5, 5.41) is 0. The predicted molar refractivity (Wildman–Crippen MR) is 126 cm³/mol. The fourth-order valence-corrected chi connectivity index (χ4v) is 4.49. The van der Waals surface area contributed by atoms with Crippen LogP contribution in [0, 0.1) is 0 Å². The van der Waals surface area contributed by atoms with Crippen molar-refractivity contribution in [3.8, 4) is 0 Å². The zero-order valence-corrected chi connectivity index (χ0v) is 17.8. The molecule has 0 aliphatic rings. The molecule has 152 valence electrons. The highest BCUT2D eigenvalue weighted by Crippen LogP contribution is 2.34. The molecule has 4 rings (SSSR count). The van der Waals surface area contributed by atoms with Gasteiger partial charge in [-0.3, -0.25) is 9.59 Å². The van der Waals surface area contributed by atoms with Gasteiger partial charge in [-0.1, -0.05) is 109 Å². The Balaban J connectivity index is 1.55. The number of Topliss-reactive ketones (excluding diaryl/α,β-unsaturated/α-hetero) is 2. The molecule has 0 N–H and O–H groups in total. The molecule has 0 spiro atoms. The number of ketones is 2. The van der Waals surface area contributed by atoms with E-state index in [9.17, 15) is 9.59 Å². The molecule has 0 radical (unpaired) electrons. The SMILES string of the molecule is O=C(Cc1ccccc1Sc1ccccc1CC(=O)c1ccccc1)c1ccccc1. The first-order valence-corrected chi connectivity index (χ1v) is 11.0. The second-order valence-electron chi connectivity index (χ2n) is 7.25. The molecule has 3 heteroatoms. The lowest BCUT2D eigenvalue weighted by molar-refractivity contribution is 0.0984. The van der Waals surface area contributed by atoms with E-state index in [2.05, 4.69) is 0 Å². The lowest BCUT2D eigenvalue weighted by atomic mass is 10.0. The Morgan fingerprint density at radius 1 is 0.484 bits per heavy atom. The quantitative estimate of drug-likeness (QED) is 0.297. The molecule has 0 saturated carbocycles. The fourth-order valence-electron chi connectivity index (χ4n) is 3.42. The molecule has 2 nitrogen and oxygen atoms in total. The van der Waals surface area contributed by atoms with Gasteiger partial charge in [0.2, 0.25) is 0 Å². The number of hydrogen-bond donors (Lipinski definition) is 0. The van der Waals surface area contributed by atoms with Gasteiger partial charge in [0.1, 0.15) is 0 Å². The van der Waals surface area contributed by atoms with Gasteiger partial charge in [0.15, 0.2) is 11.6 Å². The minimum Gasteiger partial charge on any atom is -0.294 e. The summed E-state index contributed by atoms with van der Waals surface area (Å²) in [5.74, 6) is 0.197. The molecule has 0 aromatic heterocycles. The molecule has 0 fully saturated rings. The summed E-state index contributed by atoms with van der Waals surface area (Å²) < 4.78 is 0. The molecule has 4 aromatic rings. The van der Waals surface area contributed by atoms with E-state index in [4.69, 9.17) is 0 Å². The Kier molecular flexibility index (Phi) is 6.75. The van der Waals surface area contributed by atoms with Crippen LogP contribution in [-0.2, 0) is 12.8 Å². The van der Waals surface area contributed by atoms with Crippen molar-refractivity contribution in [3.05, 3.63) is 131 Å². The lowest BCUT2D eigenvalue weighted by Crippen LogP contribution is -2.05. The largest absolute Gasteiger partial charge is 0.294 e. The Morgan fingerprint density at radius 2 is 0.839 bits per heavy atom. The van der Waals surface area contributed by atoms with Crippen LogP contribution >= 0.6 is 11.8 Å². The maximum atomic E-state index is 12.7. The van der Waals surface area contributed by atoms with Gasteiger partial charge in [-0.2, -0.15) is 0 Å². The molecule has 0 aliphatic carbocycles. The first kappa shape index (κ1) is 20.8. The van der Waals surface area contributed by atoms with Crippen molar-refractivity contribution in [2.45, 2.75) is 22.6 Å². The molecule has 0 bridgehead atoms. The molecule has 31 heavy (non-hydrogen) atoms. The first-order chi connectivity index (χ1) is 15.2. The van der Waals surface area contributed by atoms with Gasteiger partial charge in [0.05, 0.1) is 0 Å². The fraction of sp³-hybridized carbons (Fsp3) is 0.0714. The van der Waals surface area contributed by atoms with E-state index in [0.29, 0.717) is 12.8 Å². The van der Waals surface area contributed by atoms with Crippen LogP contribution in [0.25, 0.3) is 0 Å². The summed E-state index contributed by atoms with van der Waals surface area (Å²) in [5.41, 5.74) is 3.42. The van der Waals surface area contributed by atoms with E-state index < -0.39 is 0 Å². The van der Waals surface area contributed by atoms with Gasteiger partial charge < -0.3 is 0 Å². The first-order valence-electron chi connectivity index (χ1n) is 10.2. The van der Waals surface area contributed by atoms with Gasteiger partial charge >= 0.3 is 0 Å². The summed E-state index contributed by atoms with van der Waals surface area (Å²) in [6, 6.07) is 34.7. The van der Waals surface area contributed by atoms with Crippen molar-refractivity contribution >= 4 is 23.3 Å². The van der Waals surface area contributed by atoms with Gasteiger partial charge in [-0.15, -0.1) is 0 Å². The third kappa shape index (κ3) is 5.39. The molecule has 0 saturated heterocycles. The second-order valence-corrected chi connectivity index (χ2v) is 8.33. The third-order valence-corrected chi connectivity index (χ3v) is 6.30. The van der Waals surface area contributed by atoms with E-state index in [1.807, 2.05) is 109 Å². The highest BCUT2D eigenvalue weighted by Gasteiger charge is 2.14. The number of benzene rings is 4. The Morgan fingerprint density at radius 3 is 1.26 bits per heavy atom. The summed E-state index contributed by atoms with van der Waals surface area (Å²) in [4.78, 5) is 27.5. The van der Waals surface area contributed by atoms with Gasteiger partial charge in [-0.05, 0) is 23.3 Å². The van der Waals surface area contributed by atoms with Crippen LogP contribution in [0.1, 0.15) is 31.8 Å². The number of hydrogen-bond acceptors (Lipinski definition) is 3. The topological polar surface area (TPSA) is 34.1 Å². The highest BCUT2D eigenvalue weighted by molar-refractivity contribution is 7.99. The summed E-state index contributed by atoms with van der Waals surface area (Å²) in [7, 11) is 0. The highest BCUT2D eigenvalue weighted by atomic mass is 32.2. The summed E-state index contributed by atoms with van der Waals surface area (Å²) in [6.45, 7) is 0. The molecule has 4 aromatic carbocycles. The molecule has 0 aliphatic heterocycles. The van der Waals surface area contributed by atoms with Crippen molar-refractivity contribution in [2.24, 2.45) is 0 Å². The van der Waals surface area contributed by atoms with Crippen LogP contribution in [0.15, 0.2) is 119 Å². The van der Waals surface area contributed by atoms with Crippen LogP contribution in [0.4, 0.5) is 0 Å². The van der Waals surface area contributed by atoms with Crippen LogP contribution in [-0.4, -0.2) is 11.6 Å². The van der Waals surface area contributed by atoms with E-state index in [-0.39, 0.29) is 11.6 Å². The van der Waals surface area contributed by atoms with Crippen LogP contribution in [0.2, 0.25) is 0 Å². The van der Waals surface area contributed by atoms with Gasteiger partial charge in [0, 0.05) is 33.8 Å². The Labute approximate surface area is 187 Å². The predicted octanol–water partition coefficient (Wildman–Crippen LogP) is 6.69. The van der Waals surface area contributed by atoms with Crippen molar-refractivity contribution in [3.63, 3.8) is 0 Å². The molecule has 0 unspecified atom stereocenters. The Hall–Kier alpha value is -3.43. The third-order valence-electron chi connectivity index (χ3n) is 5.06. The zero-order chi connectivity index (χ0) is 21.5. The second kappa shape index (κ2) is 10.1. The number of rotatable bonds is 8. The molecular formula is C28H22O2S. The minimum absolute atomic E-state index is 0.0983. The zero-order valence-electron chi connectivity index (χ0n) is 17.0. The van der Waals surface area contributed by atoms with E-state index >= 15 is 0 Å². The standard InChI is InChI=1S/C28H22O2S/c29-25(21-11-3-1-4-12-21)19-23-15-7-9-17-27(23)31-28-18-10-8-16-24(28)20-26(30)22-13-5-2-6-14-22/h1-18H,19-20H2. The summed E-state index contributed by atoms with van der Waals surface area (Å²) >= 11 is 1.61. The normalized spacial score (nSPS) is 10.6. The molecule has 0 atom stereocenters. The minimum atomic E-state index is 0.0983. The summed E-state index contributed by atoms with van der Waals surface area (Å²) in [6.07, 6.45) is 0.691. The molecule has 0 amide bonds. The average molecular weight is 423 g/mol. The molecule has 0 heterocycles. The molecular weight excluding hydrogens is 400 g/mol. The van der Waals surface area contributed by atoms with Crippen LogP contribution < -0.4 is 0 Å². The van der Waals surface area contributed by atoms with E-state index in [1.54, 1.807) is 11.8 Å². The maximum absolute atomic E-state index is 12.7. The van der Waals surface area contributed by atoms with Crippen molar-refractivity contribution in [1.29, 1.82) is 0 Å². The van der Waals surface area contributed by atoms with Crippen LogP contribution in [0.3, 0.4) is 0 Å². The van der Waals surface area contributed by atoms with E-state index in [0.717, 1.165) is 32.0 Å². The van der Waals surface area contributed by atoms with Gasteiger partial charge in [0.25, 0.3) is 0 Å². The average Bonchev–Trinajstić information content (AvgIpc) is 2.82. The smallest absolute Gasteiger partial charge is 0.167 e. The number of carbonyl (C=O) groups excluding carboxylic acids is 2. The Bertz CT molecular complexity index is 1090. The monoisotopic (exact) mass is 422 g/mol. The van der Waals surface area contributed by atoms with Crippen molar-refractivity contribution in [2.75, 3.05) is 0 Å². The van der Waals surface area contributed by atoms with Crippen molar-refractivity contribution in [1.82, 2.24) is 0 Å². The van der Waals surface area contributed by atoms with E-state index in [1.165, 1.54) is 0 Å². The van der Waals surface area contributed by atoms with Crippen molar-refractivity contribution < 1.29 is 9.59 Å².